The minimum atomic E-state index is 0.259. The van der Waals surface area contributed by atoms with E-state index in [1.54, 1.807) is 6.20 Å². The highest BCUT2D eigenvalue weighted by molar-refractivity contribution is 5.74. The minimum absolute atomic E-state index is 0.259. The highest BCUT2D eigenvalue weighted by atomic mass is 16.1. The van der Waals surface area contributed by atoms with Gasteiger partial charge in [-0.25, -0.2) is 4.98 Å². The van der Waals surface area contributed by atoms with Crippen molar-refractivity contribution >= 4 is 12.2 Å². The van der Waals surface area contributed by atoms with E-state index >= 15 is 0 Å². The van der Waals surface area contributed by atoms with Crippen LogP contribution in [0.4, 0.5) is 5.82 Å². The van der Waals surface area contributed by atoms with E-state index in [-0.39, 0.29) is 5.41 Å². The van der Waals surface area contributed by atoms with Crippen molar-refractivity contribution in [3.63, 3.8) is 0 Å². The molecule has 0 unspecified atom stereocenters. The molecule has 5 nitrogen and oxygen atoms in total. The van der Waals surface area contributed by atoms with E-state index in [4.69, 9.17) is 0 Å². The molecule has 19 heavy (non-hydrogen) atoms. The van der Waals surface area contributed by atoms with Crippen LogP contribution in [0.2, 0.25) is 0 Å². The van der Waals surface area contributed by atoms with Crippen LogP contribution in [0.3, 0.4) is 0 Å². The van der Waals surface area contributed by atoms with Crippen molar-refractivity contribution in [2.75, 3.05) is 5.32 Å². The maximum atomic E-state index is 10.5. The molecule has 2 aromatic heterocycles. The number of carbonyl (C=O) groups excluding carboxylic acids is 1. The van der Waals surface area contributed by atoms with Gasteiger partial charge in [-0.2, -0.15) is 5.10 Å². The molecule has 98 valence electrons. The molecule has 1 amide bonds. The average molecular weight is 256 g/mol. The first-order chi connectivity index (χ1) is 9.09. The number of pyridine rings is 1. The predicted octanol–water partition coefficient (Wildman–Crippen LogP) is 2.10. The summed E-state index contributed by atoms with van der Waals surface area (Å²) in [6.07, 6.45) is 5.24. The molecule has 0 fully saturated rings. The third kappa shape index (κ3) is 2.12. The molecule has 0 aliphatic carbocycles. The summed E-state index contributed by atoms with van der Waals surface area (Å²) in [6, 6.07) is 3.82. The smallest absolute Gasteiger partial charge is 0.212 e. The third-order valence-electron chi connectivity index (χ3n) is 3.45. The summed E-state index contributed by atoms with van der Waals surface area (Å²) in [6.45, 7) is 5.45. The van der Waals surface area contributed by atoms with Crippen molar-refractivity contribution in [1.82, 2.24) is 14.8 Å². The van der Waals surface area contributed by atoms with Gasteiger partial charge >= 0.3 is 0 Å². The third-order valence-corrected chi connectivity index (χ3v) is 3.45. The molecule has 3 heterocycles. The fourth-order valence-electron chi connectivity index (χ4n) is 2.63. The molecular weight excluding hydrogens is 240 g/mol. The van der Waals surface area contributed by atoms with Crippen LogP contribution in [-0.2, 0) is 17.8 Å². The first-order valence-electron chi connectivity index (χ1n) is 6.30. The molecular formula is C14H16N4O. The van der Waals surface area contributed by atoms with Crippen LogP contribution >= 0.6 is 0 Å². The number of nitrogens with one attached hydrogen (secondary N) is 1. The summed E-state index contributed by atoms with van der Waals surface area (Å²) in [5.41, 5.74) is 3.68. The predicted molar refractivity (Wildman–Crippen MR) is 72.6 cm³/mol. The van der Waals surface area contributed by atoms with Crippen molar-refractivity contribution < 1.29 is 4.79 Å². The Hall–Kier alpha value is -2.17. The fourth-order valence-corrected chi connectivity index (χ4v) is 2.63. The van der Waals surface area contributed by atoms with Crippen molar-refractivity contribution in [2.45, 2.75) is 26.8 Å². The maximum Gasteiger partial charge on any atom is 0.212 e. The molecule has 0 saturated heterocycles. The molecule has 0 saturated carbocycles. The van der Waals surface area contributed by atoms with Crippen molar-refractivity contribution in [3.8, 4) is 11.1 Å². The lowest BCUT2D eigenvalue weighted by molar-refractivity contribution is -0.105. The summed E-state index contributed by atoms with van der Waals surface area (Å²) in [5, 5.41) is 7.03. The van der Waals surface area contributed by atoms with Gasteiger partial charge in [-0.1, -0.05) is 13.8 Å². The van der Waals surface area contributed by atoms with Gasteiger partial charge in [0.1, 0.15) is 5.82 Å². The monoisotopic (exact) mass is 256 g/mol. The van der Waals surface area contributed by atoms with Gasteiger partial charge in [-0.3, -0.25) is 9.48 Å². The zero-order valence-electron chi connectivity index (χ0n) is 11.1. The lowest BCUT2D eigenvalue weighted by Gasteiger charge is -2.14. The molecule has 5 heteroatoms. The van der Waals surface area contributed by atoms with Gasteiger partial charge in [0.2, 0.25) is 6.41 Å². The van der Waals surface area contributed by atoms with E-state index in [1.165, 1.54) is 5.69 Å². The van der Waals surface area contributed by atoms with Crippen molar-refractivity contribution in [2.24, 2.45) is 5.41 Å². The normalized spacial score (nSPS) is 16.1. The summed E-state index contributed by atoms with van der Waals surface area (Å²) in [5.74, 6) is 0.560. The molecule has 1 aliphatic heterocycles. The first-order valence-corrected chi connectivity index (χ1v) is 6.30. The van der Waals surface area contributed by atoms with Crippen molar-refractivity contribution in [1.29, 1.82) is 0 Å². The Labute approximate surface area is 111 Å². The Morgan fingerprint density at radius 3 is 3.11 bits per heavy atom. The molecule has 1 N–H and O–H groups in total. The maximum absolute atomic E-state index is 10.5. The Morgan fingerprint density at radius 1 is 1.47 bits per heavy atom. The van der Waals surface area contributed by atoms with E-state index in [0.29, 0.717) is 12.2 Å². The quantitative estimate of drug-likeness (QED) is 0.855. The Balaban J connectivity index is 2.00. The summed E-state index contributed by atoms with van der Waals surface area (Å²) < 4.78 is 2.07. The molecule has 0 atom stereocenters. The van der Waals surface area contributed by atoms with Crippen LogP contribution in [0.1, 0.15) is 19.5 Å². The van der Waals surface area contributed by atoms with Crippen LogP contribution in [-0.4, -0.2) is 21.2 Å². The van der Waals surface area contributed by atoms with E-state index < -0.39 is 0 Å². The highest BCUT2D eigenvalue weighted by Crippen LogP contribution is 2.36. The summed E-state index contributed by atoms with van der Waals surface area (Å²) >= 11 is 0. The van der Waals surface area contributed by atoms with Crippen molar-refractivity contribution in [3.05, 3.63) is 30.2 Å². The van der Waals surface area contributed by atoms with E-state index in [9.17, 15) is 4.79 Å². The number of fused-ring (bicyclic) bond motifs is 1. The number of hydrogen-bond donors (Lipinski definition) is 1. The largest absolute Gasteiger partial charge is 0.313 e. The second-order valence-corrected chi connectivity index (χ2v) is 5.70. The lowest BCUT2D eigenvalue weighted by atomic mass is 9.90. The molecule has 0 radical (unpaired) electrons. The van der Waals surface area contributed by atoms with Crippen LogP contribution in [0.5, 0.6) is 0 Å². The van der Waals surface area contributed by atoms with Gasteiger partial charge in [0, 0.05) is 24.0 Å². The second-order valence-electron chi connectivity index (χ2n) is 5.70. The molecule has 0 bridgehead atoms. The Bertz CT molecular complexity index is 630. The number of anilines is 1. The number of rotatable bonds is 3. The topological polar surface area (TPSA) is 59.8 Å². The molecule has 0 spiro atoms. The second kappa shape index (κ2) is 4.19. The van der Waals surface area contributed by atoms with Crippen LogP contribution in [0.15, 0.2) is 24.5 Å². The zero-order valence-corrected chi connectivity index (χ0v) is 11.1. The minimum Gasteiger partial charge on any atom is -0.313 e. The number of aromatic nitrogens is 3. The molecule has 1 aliphatic rings. The first kappa shape index (κ1) is 11.9. The van der Waals surface area contributed by atoms with Gasteiger partial charge in [0.05, 0.1) is 6.20 Å². The van der Waals surface area contributed by atoms with E-state index in [2.05, 4.69) is 33.9 Å². The average Bonchev–Trinajstić information content (AvgIpc) is 2.84. The SMILES string of the molecule is CC1(C)Cc2c(-c3ccnc(NC=O)c3)cnn2C1. The lowest BCUT2D eigenvalue weighted by Crippen LogP contribution is -2.12. The Morgan fingerprint density at radius 2 is 2.32 bits per heavy atom. The van der Waals surface area contributed by atoms with E-state index in [0.717, 1.165) is 24.1 Å². The van der Waals surface area contributed by atoms with E-state index in [1.807, 2.05) is 18.3 Å². The molecule has 0 aromatic carbocycles. The summed E-state index contributed by atoms with van der Waals surface area (Å²) in [7, 11) is 0. The van der Waals surface area contributed by atoms with Crippen LogP contribution in [0.25, 0.3) is 11.1 Å². The zero-order chi connectivity index (χ0) is 13.5. The summed E-state index contributed by atoms with van der Waals surface area (Å²) in [4.78, 5) is 14.6. The van der Waals surface area contributed by atoms with Crippen LogP contribution < -0.4 is 5.32 Å². The van der Waals surface area contributed by atoms with Crippen LogP contribution in [0, 0.1) is 5.41 Å². The number of hydrogen-bond acceptors (Lipinski definition) is 3. The van der Waals surface area contributed by atoms with Gasteiger partial charge in [-0.15, -0.1) is 0 Å². The van der Waals surface area contributed by atoms with Gasteiger partial charge in [0.25, 0.3) is 0 Å². The molecule has 3 rings (SSSR count). The number of amides is 1. The standard InChI is InChI=1S/C14H16N4O/c1-14(2)6-12-11(7-17-18(12)8-14)10-3-4-15-13(5-10)16-9-19/h3-5,7,9H,6,8H2,1-2H3,(H,15,16,19). The Kier molecular flexibility index (Phi) is 2.62. The highest BCUT2D eigenvalue weighted by Gasteiger charge is 2.31. The van der Waals surface area contributed by atoms with Gasteiger partial charge < -0.3 is 5.32 Å². The van der Waals surface area contributed by atoms with Gasteiger partial charge in [-0.05, 0) is 29.5 Å². The van der Waals surface area contributed by atoms with Gasteiger partial charge in [0.15, 0.2) is 0 Å². The molecule has 2 aromatic rings. The number of carbonyl (C=O) groups is 1. The fraction of sp³-hybridized carbons (Fsp3) is 0.357. The number of nitrogens with zero attached hydrogens (tertiary/aromatic N) is 3.